The van der Waals surface area contributed by atoms with E-state index < -0.39 is 0 Å². The second-order valence-electron chi connectivity index (χ2n) is 6.49. The molecule has 0 aliphatic carbocycles. The van der Waals surface area contributed by atoms with Crippen LogP contribution in [0.4, 0.5) is 0 Å². The number of aromatic nitrogens is 2. The number of hydrogen-bond acceptors (Lipinski definition) is 3. The van der Waals surface area contributed by atoms with Crippen LogP contribution in [-0.2, 0) is 12.8 Å². The first kappa shape index (κ1) is 17.0. The van der Waals surface area contributed by atoms with Crippen LogP contribution in [0.15, 0.2) is 30.3 Å². The Morgan fingerprint density at radius 1 is 1.04 bits per heavy atom. The molecule has 1 saturated heterocycles. The molecule has 1 aliphatic heterocycles. The van der Waals surface area contributed by atoms with E-state index in [4.69, 9.17) is 4.74 Å². The third kappa shape index (κ3) is 4.18. The summed E-state index contributed by atoms with van der Waals surface area (Å²) in [6.45, 7) is 8.79. The van der Waals surface area contributed by atoms with E-state index in [1.54, 1.807) is 0 Å². The van der Waals surface area contributed by atoms with Gasteiger partial charge < -0.3 is 9.64 Å². The van der Waals surface area contributed by atoms with Gasteiger partial charge in [0.2, 0.25) is 0 Å². The summed E-state index contributed by atoms with van der Waals surface area (Å²) in [5.41, 5.74) is 3.51. The molecule has 0 radical (unpaired) electrons. The zero-order valence-corrected chi connectivity index (χ0v) is 15.0. The molecule has 1 aromatic carbocycles. The highest BCUT2D eigenvalue weighted by atomic mass is 16.5. The molecule has 2 heterocycles. The quantitative estimate of drug-likeness (QED) is 0.690. The summed E-state index contributed by atoms with van der Waals surface area (Å²) in [6, 6.07) is 10.5. The smallest absolute Gasteiger partial charge is 0.119 e. The predicted octanol–water partition coefficient (Wildman–Crippen LogP) is 3.86. The fourth-order valence-corrected chi connectivity index (χ4v) is 3.29. The lowest BCUT2D eigenvalue weighted by Gasteiger charge is -2.14. The first-order chi connectivity index (χ1) is 11.8. The molecule has 2 aromatic rings. The molecule has 24 heavy (non-hydrogen) atoms. The molecule has 130 valence electrons. The van der Waals surface area contributed by atoms with E-state index in [1.165, 1.54) is 31.6 Å². The highest BCUT2D eigenvalue weighted by Crippen LogP contribution is 2.18. The van der Waals surface area contributed by atoms with Gasteiger partial charge in [-0.1, -0.05) is 13.8 Å². The summed E-state index contributed by atoms with van der Waals surface area (Å²) < 4.78 is 7.93. The predicted molar refractivity (Wildman–Crippen MR) is 98.1 cm³/mol. The zero-order valence-electron chi connectivity index (χ0n) is 15.0. The SMILES string of the molecule is CCc1cc(CC)n(-c2ccc(OCCCN3CCCC3)cc2)n1. The van der Waals surface area contributed by atoms with Gasteiger partial charge in [0, 0.05) is 12.2 Å². The largest absolute Gasteiger partial charge is 0.494 e. The molecule has 4 heteroatoms. The van der Waals surface area contributed by atoms with E-state index >= 15 is 0 Å². The Hall–Kier alpha value is -1.81. The molecule has 0 atom stereocenters. The zero-order chi connectivity index (χ0) is 16.8. The summed E-state index contributed by atoms with van der Waals surface area (Å²) >= 11 is 0. The maximum atomic E-state index is 5.88. The van der Waals surface area contributed by atoms with Crippen molar-refractivity contribution in [3.63, 3.8) is 0 Å². The summed E-state index contributed by atoms with van der Waals surface area (Å²) in [5, 5.41) is 4.69. The highest BCUT2D eigenvalue weighted by molar-refractivity contribution is 5.38. The van der Waals surface area contributed by atoms with Gasteiger partial charge in [-0.3, -0.25) is 0 Å². The number of benzene rings is 1. The van der Waals surface area contributed by atoms with E-state index in [-0.39, 0.29) is 0 Å². The average Bonchev–Trinajstić information content (AvgIpc) is 3.28. The number of likely N-dealkylation sites (tertiary alicyclic amines) is 1. The summed E-state index contributed by atoms with van der Waals surface area (Å²) in [7, 11) is 0. The van der Waals surface area contributed by atoms with Crippen molar-refractivity contribution < 1.29 is 4.74 Å². The normalized spacial score (nSPS) is 15.1. The van der Waals surface area contributed by atoms with Crippen LogP contribution >= 0.6 is 0 Å². The Morgan fingerprint density at radius 3 is 2.46 bits per heavy atom. The van der Waals surface area contributed by atoms with Crippen LogP contribution in [-0.4, -0.2) is 40.9 Å². The minimum absolute atomic E-state index is 0.789. The molecule has 0 unspecified atom stereocenters. The van der Waals surface area contributed by atoms with Gasteiger partial charge in [0.1, 0.15) is 5.75 Å². The molecule has 4 nitrogen and oxygen atoms in total. The van der Waals surface area contributed by atoms with Gasteiger partial charge in [0.25, 0.3) is 0 Å². The van der Waals surface area contributed by atoms with Crippen molar-refractivity contribution in [2.45, 2.75) is 46.0 Å². The number of nitrogens with zero attached hydrogens (tertiary/aromatic N) is 3. The van der Waals surface area contributed by atoms with Crippen molar-refractivity contribution in [3.8, 4) is 11.4 Å². The molecule has 1 aliphatic rings. The molecule has 0 spiro atoms. The van der Waals surface area contributed by atoms with Crippen LogP contribution < -0.4 is 4.74 Å². The lowest BCUT2D eigenvalue weighted by atomic mass is 10.2. The molecular formula is C20H29N3O. The fraction of sp³-hybridized carbons (Fsp3) is 0.550. The first-order valence-corrected chi connectivity index (χ1v) is 9.33. The van der Waals surface area contributed by atoms with Crippen molar-refractivity contribution in [2.24, 2.45) is 0 Å². The van der Waals surface area contributed by atoms with E-state index in [0.717, 1.165) is 49.5 Å². The van der Waals surface area contributed by atoms with Crippen LogP contribution in [0, 0.1) is 0 Å². The Kier molecular flexibility index (Phi) is 5.91. The molecule has 0 bridgehead atoms. The molecular weight excluding hydrogens is 298 g/mol. The van der Waals surface area contributed by atoms with Gasteiger partial charge in [-0.15, -0.1) is 0 Å². The third-order valence-corrected chi connectivity index (χ3v) is 4.73. The van der Waals surface area contributed by atoms with Crippen molar-refractivity contribution in [1.82, 2.24) is 14.7 Å². The van der Waals surface area contributed by atoms with Crippen LogP contribution in [0.2, 0.25) is 0 Å². The lowest BCUT2D eigenvalue weighted by Crippen LogP contribution is -2.21. The Labute approximate surface area is 145 Å². The van der Waals surface area contributed by atoms with E-state index in [1.807, 2.05) is 0 Å². The van der Waals surface area contributed by atoms with Gasteiger partial charge in [0.15, 0.2) is 0 Å². The summed E-state index contributed by atoms with van der Waals surface area (Å²) in [4.78, 5) is 2.53. The van der Waals surface area contributed by atoms with E-state index in [9.17, 15) is 0 Å². The molecule has 0 amide bonds. The average molecular weight is 327 g/mol. The molecule has 0 saturated carbocycles. The Balaban J connectivity index is 1.54. The van der Waals surface area contributed by atoms with Gasteiger partial charge in [-0.2, -0.15) is 5.10 Å². The fourth-order valence-electron chi connectivity index (χ4n) is 3.29. The van der Waals surface area contributed by atoms with Crippen LogP contribution in [0.3, 0.4) is 0 Å². The topological polar surface area (TPSA) is 30.3 Å². The van der Waals surface area contributed by atoms with Gasteiger partial charge in [0.05, 0.1) is 18.0 Å². The van der Waals surface area contributed by atoms with Gasteiger partial charge in [-0.25, -0.2) is 4.68 Å². The molecule has 3 rings (SSSR count). The van der Waals surface area contributed by atoms with Gasteiger partial charge >= 0.3 is 0 Å². The van der Waals surface area contributed by atoms with Crippen LogP contribution in [0.1, 0.15) is 44.5 Å². The minimum Gasteiger partial charge on any atom is -0.494 e. The number of ether oxygens (including phenoxy) is 1. The van der Waals surface area contributed by atoms with Gasteiger partial charge in [-0.05, 0) is 75.5 Å². The van der Waals surface area contributed by atoms with Crippen molar-refractivity contribution >= 4 is 0 Å². The van der Waals surface area contributed by atoms with Crippen molar-refractivity contribution in [1.29, 1.82) is 0 Å². The van der Waals surface area contributed by atoms with E-state index in [2.05, 4.69) is 58.9 Å². The number of rotatable bonds is 8. The lowest BCUT2D eigenvalue weighted by molar-refractivity contribution is 0.263. The minimum atomic E-state index is 0.789. The standard InChI is InChI=1S/C20H29N3O/c1-3-17-16-18(4-2)23(21-17)19-8-10-20(11-9-19)24-15-7-14-22-12-5-6-13-22/h8-11,16H,3-7,12-15H2,1-2H3. The third-order valence-electron chi connectivity index (χ3n) is 4.73. The maximum absolute atomic E-state index is 5.88. The summed E-state index contributed by atoms with van der Waals surface area (Å²) in [5.74, 6) is 0.945. The first-order valence-electron chi connectivity index (χ1n) is 9.33. The molecule has 0 N–H and O–H groups in total. The van der Waals surface area contributed by atoms with Crippen molar-refractivity contribution in [3.05, 3.63) is 41.7 Å². The Bertz CT molecular complexity index is 627. The monoisotopic (exact) mass is 327 g/mol. The number of hydrogen-bond donors (Lipinski definition) is 0. The maximum Gasteiger partial charge on any atom is 0.119 e. The highest BCUT2D eigenvalue weighted by Gasteiger charge is 2.10. The van der Waals surface area contributed by atoms with Crippen LogP contribution in [0.25, 0.3) is 5.69 Å². The Morgan fingerprint density at radius 2 is 1.79 bits per heavy atom. The summed E-state index contributed by atoms with van der Waals surface area (Å²) in [6.07, 6.45) is 5.77. The van der Waals surface area contributed by atoms with E-state index in [0.29, 0.717) is 0 Å². The second kappa shape index (κ2) is 8.34. The van der Waals surface area contributed by atoms with Crippen LogP contribution in [0.5, 0.6) is 5.75 Å². The second-order valence-corrected chi connectivity index (χ2v) is 6.49. The van der Waals surface area contributed by atoms with Crippen molar-refractivity contribution in [2.75, 3.05) is 26.2 Å². The number of aryl methyl sites for hydroxylation is 2. The molecule has 1 fully saturated rings. The molecule has 1 aromatic heterocycles.